The average molecular weight is 461 g/mol. The lowest BCUT2D eigenvalue weighted by Crippen LogP contribution is -2.31. The van der Waals surface area contributed by atoms with Gasteiger partial charge in [0.1, 0.15) is 10.8 Å². The molecule has 1 aromatic rings. The van der Waals surface area contributed by atoms with E-state index in [4.69, 9.17) is 11.6 Å². The van der Waals surface area contributed by atoms with Crippen LogP contribution < -0.4 is 0 Å². The van der Waals surface area contributed by atoms with Crippen molar-refractivity contribution in [1.29, 1.82) is 0 Å². The van der Waals surface area contributed by atoms with Crippen molar-refractivity contribution >= 4 is 34.2 Å². The third kappa shape index (κ3) is 5.83. The minimum absolute atomic E-state index is 0.190. The number of rotatable bonds is 11. The van der Waals surface area contributed by atoms with Gasteiger partial charge in [0.15, 0.2) is 0 Å². The first-order chi connectivity index (χ1) is 10.9. The molecular formula is C17H28ClF2IN2. The van der Waals surface area contributed by atoms with Crippen molar-refractivity contribution in [3.05, 3.63) is 14.4 Å². The predicted octanol–water partition coefficient (Wildman–Crippen LogP) is 7.34. The zero-order chi connectivity index (χ0) is 17.5. The molecule has 23 heavy (non-hydrogen) atoms. The van der Waals surface area contributed by atoms with Gasteiger partial charge in [0, 0.05) is 0 Å². The second-order valence-electron chi connectivity index (χ2n) is 6.47. The van der Waals surface area contributed by atoms with E-state index < -0.39 is 6.43 Å². The van der Waals surface area contributed by atoms with Gasteiger partial charge in [0.2, 0.25) is 0 Å². The Labute approximate surface area is 157 Å². The van der Waals surface area contributed by atoms with Crippen molar-refractivity contribution in [2.45, 2.75) is 90.5 Å². The molecule has 1 rings (SSSR count). The maximum atomic E-state index is 13.1. The molecule has 0 saturated heterocycles. The number of halogens is 4. The van der Waals surface area contributed by atoms with Crippen LogP contribution in [0.1, 0.15) is 90.7 Å². The zero-order valence-corrected chi connectivity index (χ0v) is 17.3. The summed E-state index contributed by atoms with van der Waals surface area (Å²) in [4.78, 5) is 0. The summed E-state index contributed by atoms with van der Waals surface area (Å²) in [5.41, 5.74) is -0.476. The smallest absolute Gasteiger partial charge is 0.247 e. The van der Waals surface area contributed by atoms with Crippen molar-refractivity contribution in [2.75, 3.05) is 0 Å². The highest BCUT2D eigenvalue weighted by atomic mass is 127. The van der Waals surface area contributed by atoms with E-state index in [0.29, 0.717) is 8.72 Å². The van der Waals surface area contributed by atoms with Crippen molar-refractivity contribution in [2.24, 2.45) is 0 Å². The Balaban J connectivity index is 2.93. The van der Waals surface area contributed by atoms with Gasteiger partial charge in [-0.25, -0.2) is 13.5 Å². The largest absolute Gasteiger partial charge is 0.283 e. The SMILES string of the molecule is CCCCCCCC(C)(CCCC)n1nc(C(F)F)c(I)c1Cl. The summed E-state index contributed by atoms with van der Waals surface area (Å²) >= 11 is 8.22. The van der Waals surface area contributed by atoms with Crippen molar-refractivity contribution < 1.29 is 8.78 Å². The molecule has 0 saturated carbocycles. The quantitative estimate of drug-likeness (QED) is 0.249. The van der Waals surface area contributed by atoms with Crippen LogP contribution in [0.25, 0.3) is 0 Å². The standard InChI is InChI=1S/C17H28ClF2IN2/c1-4-6-8-9-10-12-17(3,11-7-5-2)23-15(18)13(21)14(22-23)16(19)20/h16H,4-12H2,1-3H3. The van der Waals surface area contributed by atoms with E-state index in [9.17, 15) is 8.78 Å². The van der Waals surface area contributed by atoms with Crippen molar-refractivity contribution in [1.82, 2.24) is 9.78 Å². The van der Waals surface area contributed by atoms with Crippen LogP contribution in [0.5, 0.6) is 0 Å². The molecule has 0 spiro atoms. The average Bonchev–Trinajstić information content (AvgIpc) is 2.82. The summed E-state index contributed by atoms with van der Waals surface area (Å²) in [7, 11) is 0. The summed E-state index contributed by atoms with van der Waals surface area (Å²) in [5.74, 6) is 0. The summed E-state index contributed by atoms with van der Waals surface area (Å²) in [5, 5.41) is 4.53. The topological polar surface area (TPSA) is 17.8 Å². The lowest BCUT2D eigenvalue weighted by Gasteiger charge is -2.31. The highest BCUT2D eigenvalue weighted by Crippen LogP contribution is 2.37. The number of hydrogen-bond donors (Lipinski definition) is 0. The lowest BCUT2D eigenvalue weighted by atomic mass is 9.88. The van der Waals surface area contributed by atoms with Gasteiger partial charge in [-0.1, -0.05) is 70.4 Å². The third-order valence-electron chi connectivity index (χ3n) is 4.41. The van der Waals surface area contributed by atoms with Crippen LogP contribution in [-0.4, -0.2) is 9.78 Å². The number of alkyl halides is 2. The first-order valence-corrected chi connectivity index (χ1v) is 10.1. The predicted molar refractivity (Wildman–Crippen MR) is 101 cm³/mol. The van der Waals surface area contributed by atoms with E-state index in [1.54, 1.807) is 4.68 Å². The molecule has 1 atom stereocenters. The van der Waals surface area contributed by atoms with Crippen molar-refractivity contribution in [3.63, 3.8) is 0 Å². The van der Waals surface area contributed by atoms with Crippen LogP contribution in [0.4, 0.5) is 8.78 Å². The van der Waals surface area contributed by atoms with E-state index in [2.05, 4.69) is 25.9 Å². The Morgan fingerprint density at radius 1 is 1.09 bits per heavy atom. The van der Waals surface area contributed by atoms with Crippen LogP contribution in [0.2, 0.25) is 5.15 Å². The van der Waals surface area contributed by atoms with E-state index >= 15 is 0 Å². The molecular weight excluding hydrogens is 433 g/mol. The van der Waals surface area contributed by atoms with Crippen molar-refractivity contribution in [3.8, 4) is 0 Å². The summed E-state index contributed by atoms with van der Waals surface area (Å²) in [6.07, 6.45) is 7.33. The Hall–Kier alpha value is 0.0900. The minimum atomic E-state index is -2.58. The van der Waals surface area contributed by atoms with Gasteiger partial charge >= 0.3 is 0 Å². The number of hydrogen-bond acceptors (Lipinski definition) is 1. The second kappa shape index (κ2) is 10.2. The molecule has 1 unspecified atom stereocenters. The van der Waals surface area contributed by atoms with Crippen LogP contribution >= 0.6 is 34.2 Å². The molecule has 0 aliphatic rings. The Morgan fingerprint density at radius 2 is 1.65 bits per heavy atom. The van der Waals surface area contributed by atoms with Gasteiger partial charge in [-0.15, -0.1) is 0 Å². The Bertz CT molecular complexity index is 479. The molecule has 1 aromatic heterocycles. The van der Waals surface area contributed by atoms with Gasteiger partial charge in [0.05, 0.1) is 9.11 Å². The van der Waals surface area contributed by atoms with E-state index in [1.165, 1.54) is 25.7 Å². The van der Waals surface area contributed by atoms with E-state index in [0.717, 1.165) is 32.1 Å². The molecule has 2 nitrogen and oxygen atoms in total. The van der Waals surface area contributed by atoms with Crippen LogP contribution in [-0.2, 0) is 5.54 Å². The van der Waals surface area contributed by atoms with E-state index in [1.807, 2.05) is 22.6 Å². The van der Waals surface area contributed by atoms with E-state index in [-0.39, 0.29) is 11.2 Å². The van der Waals surface area contributed by atoms with Gasteiger partial charge in [0.25, 0.3) is 6.43 Å². The minimum Gasteiger partial charge on any atom is -0.247 e. The maximum absolute atomic E-state index is 13.1. The lowest BCUT2D eigenvalue weighted by molar-refractivity contribution is 0.140. The summed E-state index contributed by atoms with van der Waals surface area (Å²) in [6.45, 7) is 6.44. The summed E-state index contributed by atoms with van der Waals surface area (Å²) in [6, 6.07) is 0. The fourth-order valence-electron chi connectivity index (χ4n) is 2.90. The van der Waals surface area contributed by atoms with Crippen LogP contribution in [0.3, 0.4) is 0 Å². The molecule has 0 aliphatic heterocycles. The molecule has 0 radical (unpaired) electrons. The molecule has 0 aliphatic carbocycles. The monoisotopic (exact) mass is 460 g/mol. The fraction of sp³-hybridized carbons (Fsp3) is 0.824. The zero-order valence-electron chi connectivity index (χ0n) is 14.3. The fourth-order valence-corrected chi connectivity index (χ4v) is 3.81. The molecule has 0 amide bonds. The van der Waals surface area contributed by atoms with Gasteiger partial charge in [-0.05, 0) is 42.4 Å². The molecule has 6 heteroatoms. The highest BCUT2D eigenvalue weighted by molar-refractivity contribution is 14.1. The molecule has 0 fully saturated rings. The molecule has 1 heterocycles. The number of aromatic nitrogens is 2. The first-order valence-electron chi connectivity index (χ1n) is 8.60. The highest BCUT2D eigenvalue weighted by Gasteiger charge is 2.32. The maximum Gasteiger partial charge on any atom is 0.283 e. The van der Waals surface area contributed by atoms with Crippen LogP contribution in [0.15, 0.2) is 0 Å². The van der Waals surface area contributed by atoms with Gasteiger partial charge < -0.3 is 0 Å². The number of nitrogens with zero attached hydrogens (tertiary/aromatic N) is 2. The molecule has 0 aromatic carbocycles. The molecule has 0 bridgehead atoms. The molecule has 134 valence electrons. The summed E-state index contributed by atoms with van der Waals surface area (Å²) < 4.78 is 28.3. The Morgan fingerprint density at radius 3 is 2.17 bits per heavy atom. The van der Waals surface area contributed by atoms with Gasteiger partial charge in [-0.3, -0.25) is 0 Å². The Kier molecular flexibility index (Phi) is 9.34. The first kappa shape index (κ1) is 21.1. The van der Waals surface area contributed by atoms with Gasteiger partial charge in [-0.2, -0.15) is 5.10 Å². The third-order valence-corrected chi connectivity index (χ3v) is 6.14. The van der Waals surface area contributed by atoms with Crippen LogP contribution in [0, 0.1) is 3.57 Å². The normalized spacial score (nSPS) is 14.4. The second-order valence-corrected chi connectivity index (χ2v) is 7.90. The number of unbranched alkanes of at least 4 members (excludes halogenated alkanes) is 5. The molecule has 0 N–H and O–H groups in total.